The maximum absolute atomic E-state index is 14.3. The van der Waals surface area contributed by atoms with Gasteiger partial charge in [0.2, 0.25) is 5.91 Å². The van der Waals surface area contributed by atoms with Crippen LogP contribution in [0, 0.1) is 11.6 Å². The van der Waals surface area contributed by atoms with E-state index < -0.39 is 29.0 Å². The van der Waals surface area contributed by atoms with Crippen molar-refractivity contribution in [3.63, 3.8) is 0 Å². The van der Waals surface area contributed by atoms with Gasteiger partial charge in [-0.2, -0.15) is 0 Å². The number of amides is 1. The van der Waals surface area contributed by atoms with Gasteiger partial charge in [0.15, 0.2) is 16.8 Å². The average Bonchev–Trinajstić information content (AvgIpc) is 2.67. The number of H-pyrrole nitrogens is 1. The molecule has 0 spiro atoms. The number of carbonyl (C=O) groups excluding carboxylic acids is 1. The molecule has 5 nitrogen and oxygen atoms in total. The van der Waals surface area contributed by atoms with E-state index in [2.05, 4.69) is 15.3 Å². The van der Waals surface area contributed by atoms with Gasteiger partial charge in [-0.1, -0.05) is 47.6 Å². The minimum Gasteiger partial charge on any atom is -0.310 e. The number of halogens is 3. The van der Waals surface area contributed by atoms with Gasteiger partial charge in [-0.3, -0.25) is 9.59 Å². The van der Waals surface area contributed by atoms with Crippen molar-refractivity contribution in [1.29, 1.82) is 0 Å². The zero-order valence-electron chi connectivity index (χ0n) is 14.8. The van der Waals surface area contributed by atoms with Crippen molar-refractivity contribution in [3.8, 4) is 0 Å². The van der Waals surface area contributed by atoms with Crippen LogP contribution >= 0.6 is 23.4 Å². The Hall–Kier alpha value is -2.71. The Balaban J connectivity index is 1.69. The van der Waals surface area contributed by atoms with Crippen molar-refractivity contribution in [1.82, 2.24) is 9.97 Å². The van der Waals surface area contributed by atoms with Gasteiger partial charge >= 0.3 is 0 Å². The summed E-state index contributed by atoms with van der Waals surface area (Å²) in [4.78, 5) is 31.9. The number of carbonyl (C=O) groups is 1. The molecular formula is C20H14ClF2N3O2S. The Morgan fingerprint density at radius 1 is 1.17 bits per heavy atom. The van der Waals surface area contributed by atoms with Gasteiger partial charge in [-0.15, -0.1) is 0 Å². The zero-order valence-corrected chi connectivity index (χ0v) is 16.4. The molecule has 148 valence electrons. The molecule has 0 bridgehead atoms. The Kier molecular flexibility index (Phi) is 5.38. The van der Waals surface area contributed by atoms with E-state index in [9.17, 15) is 18.4 Å². The van der Waals surface area contributed by atoms with Gasteiger partial charge in [0.05, 0.1) is 5.56 Å². The largest absolute Gasteiger partial charge is 0.310 e. The van der Waals surface area contributed by atoms with E-state index in [1.807, 2.05) is 12.1 Å². The van der Waals surface area contributed by atoms with Crippen molar-refractivity contribution in [2.24, 2.45) is 0 Å². The highest BCUT2D eigenvalue weighted by Gasteiger charge is 2.33. The number of nitrogens with zero attached hydrogens (tertiary/aromatic N) is 1. The number of nitrogens with one attached hydrogen (secondary N) is 2. The van der Waals surface area contributed by atoms with Gasteiger partial charge in [0.25, 0.3) is 5.56 Å². The molecule has 0 saturated carbocycles. The molecular weight excluding hydrogens is 420 g/mol. The van der Waals surface area contributed by atoms with Gasteiger partial charge in [-0.05, 0) is 29.3 Å². The number of hydrogen-bond acceptors (Lipinski definition) is 4. The van der Waals surface area contributed by atoms with Crippen LogP contribution in [-0.2, 0) is 10.5 Å². The van der Waals surface area contributed by atoms with E-state index in [0.29, 0.717) is 15.9 Å². The summed E-state index contributed by atoms with van der Waals surface area (Å²) in [5.41, 5.74) is 0.498. The first-order valence-corrected chi connectivity index (χ1v) is 10.0. The highest BCUT2D eigenvalue weighted by molar-refractivity contribution is 7.98. The van der Waals surface area contributed by atoms with Crippen LogP contribution < -0.4 is 10.9 Å². The van der Waals surface area contributed by atoms with Crippen LogP contribution in [0.2, 0.25) is 5.02 Å². The predicted molar refractivity (Wildman–Crippen MR) is 107 cm³/mol. The number of anilines is 1. The van der Waals surface area contributed by atoms with Crippen LogP contribution in [0.4, 0.5) is 14.6 Å². The molecule has 1 aromatic heterocycles. The number of thioether (sulfide) groups is 1. The summed E-state index contributed by atoms with van der Waals surface area (Å²) in [5.74, 6) is -2.89. The maximum atomic E-state index is 14.3. The van der Waals surface area contributed by atoms with Crippen LogP contribution in [0.25, 0.3) is 0 Å². The van der Waals surface area contributed by atoms with Crippen molar-refractivity contribution in [2.75, 3.05) is 5.32 Å². The summed E-state index contributed by atoms with van der Waals surface area (Å²) < 4.78 is 28.0. The molecule has 1 aliphatic rings. The van der Waals surface area contributed by atoms with Crippen LogP contribution in [0.5, 0.6) is 0 Å². The van der Waals surface area contributed by atoms with Crippen molar-refractivity contribution in [2.45, 2.75) is 23.2 Å². The van der Waals surface area contributed by atoms with Crippen LogP contribution in [0.15, 0.2) is 52.4 Å². The lowest BCUT2D eigenvalue weighted by Crippen LogP contribution is -2.31. The summed E-state index contributed by atoms with van der Waals surface area (Å²) in [5, 5.41) is 3.46. The first-order chi connectivity index (χ1) is 13.9. The third-order valence-electron chi connectivity index (χ3n) is 4.55. The third kappa shape index (κ3) is 4.04. The molecule has 9 heteroatoms. The molecule has 0 saturated heterocycles. The maximum Gasteiger partial charge on any atom is 0.257 e. The summed E-state index contributed by atoms with van der Waals surface area (Å²) in [6.45, 7) is 0. The number of rotatable bonds is 4. The third-order valence-corrected chi connectivity index (χ3v) is 5.73. The molecule has 2 N–H and O–H groups in total. The lowest BCUT2D eigenvalue weighted by molar-refractivity contribution is -0.116. The molecule has 4 rings (SSSR count). The molecule has 2 aromatic carbocycles. The molecule has 2 heterocycles. The van der Waals surface area contributed by atoms with Gasteiger partial charge in [-0.25, -0.2) is 13.8 Å². The Morgan fingerprint density at radius 3 is 2.76 bits per heavy atom. The van der Waals surface area contributed by atoms with Crippen molar-refractivity contribution >= 4 is 35.1 Å². The van der Waals surface area contributed by atoms with Crippen LogP contribution in [0.3, 0.4) is 0 Å². The molecule has 1 aliphatic heterocycles. The smallest absolute Gasteiger partial charge is 0.257 e. The first-order valence-electron chi connectivity index (χ1n) is 8.67. The summed E-state index contributed by atoms with van der Waals surface area (Å²) in [7, 11) is 0. The average molecular weight is 434 g/mol. The quantitative estimate of drug-likeness (QED) is 0.470. The molecule has 3 aromatic rings. The highest BCUT2D eigenvalue weighted by atomic mass is 35.5. The number of aromatic amines is 1. The fourth-order valence-electron chi connectivity index (χ4n) is 3.25. The monoisotopic (exact) mass is 433 g/mol. The number of aromatic nitrogens is 2. The second-order valence-electron chi connectivity index (χ2n) is 6.50. The van der Waals surface area contributed by atoms with Crippen LogP contribution in [-0.4, -0.2) is 15.9 Å². The SMILES string of the molecule is O=C1C[C@@H](c2cccc(F)c2F)c2c(nc(SCc3cccc(Cl)c3)[nH]c2=O)N1. The number of benzene rings is 2. The van der Waals surface area contributed by atoms with Crippen LogP contribution in [0.1, 0.15) is 29.0 Å². The topological polar surface area (TPSA) is 74.8 Å². The van der Waals surface area contributed by atoms with Crippen molar-refractivity contribution in [3.05, 3.63) is 86.2 Å². The zero-order chi connectivity index (χ0) is 20.5. The lowest BCUT2D eigenvalue weighted by Gasteiger charge is -2.24. The van der Waals surface area contributed by atoms with E-state index >= 15 is 0 Å². The molecule has 1 amide bonds. The van der Waals surface area contributed by atoms with Gasteiger partial charge in [0, 0.05) is 23.1 Å². The van der Waals surface area contributed by atoms with E-state index in [4.69, 9.17) is 11.6 Å². The second-order valence-corrected chi connectivity index (χ2v) is 7.90. The summed E-state index contributed by atoms with van der Waals surface area (Å²) in [6.07, 6.45) is -0.173. The minimum absolute atomic E-state index is 0.0484. The summed E-state index contributed by atoms with van der Waals surface area (Å²) in [6, 6.07) is 11.0. The fourth-order valence-corrected chi connectivity index (χ4v) is 4.27. The first kappa shape index (κ1) is 19.6. The Bertz CT molecular complexity index is 1170. The lowest BCUT2D eigenvalue weighted by atomic mass is 9.86. The minimum atomic E-state index is -1.07. The molecule has 0 radical (unpaired) electrons. The molecule has 0 unspecified atom stereocenters. The van der Waals surface area contributed by atoms with E-state index in [1.165, 1.54) is 23.9 Å². The van der Waals surface area contributed by atoms with Gasteiger partial charge in [0.1, 0.15) is 5.82 Å². The highest BCUT2D eigenvalue weighted by Crippen LogP contribution is 2.36. The van der Waals surface area contributed by atoms with Gasteiger partial charge < -0.3 is 10.3 Å². The van der Waals surface area contributed by atoms with Crippen molar-refractivity contribution < 1.29 is 13.6 Å². The molecule has 0 fully saturated rings. The van der Waals surface area contributed by atoms with E-state index in [-0.39, 0.29) is 23.4 Å². The standard InChI is InChI=1S/C20H14ClF2N3O2S/c21-11-4-1-3-10(7-11)9-29-20-25-18-16(19(28)26-20)13(8-15(27)24-18)12-5-2-6-14(22)17(12)23/h1-7,13H,8-9H2,(H2,24,25,26,27,28)/t13-/m0/s1. The Labute approximate surface area is 173 Å². The normalized spacial score (nSPS) is 15.7. The van der Waals surface area contributed by atoms with E-state index in [1.54, 1.807) is 12.1 Å². The molecule has 1 atom stereocenters. The molecule has 29 heavy (non-hydrogen) atoms. The Morgan fingerprint density at radius 2 is 1.97 bits per heavy atom. The molecule has 0 aliphatic carbocycles. The number of hydrogen-bond donors (Lipinski definition) is 2. The predicted octanol–water partition coefficient (Wildman–Crippen LogP) is 4.47. The van der Waals surface area contributed by atoms with E-state index in [0.717, 1.165) is 11.6 Å². The summed E-state index contributed by atoms with van der Waals surface area (Å²) >= 11 is 7.24. The fraction of sp³-hybridized carbons (Fsp3) is 0.150. The second kappa shape index (κ2) is 7.96. The number of fused-ring (bicyclic) bond motifs is 1.